The van der Waals surface area contributed by atoms with Gasteiger partial charge in [-0.05, 0) is 50.6 Å². The molecule has 20 heavy (non-hydrogen) atoms. The van der Waals surface area contributed by atoms with Crippen LogP contribution >= 0.6 is 11.6 Å². The van der Waals surface area contributed by atoms with Crippen LogP contribution in [0, 0.1) is 19.7 Å². The molecule has 0 atom stereocenters. The van der Waals surface area contributed by atoms with Gasteiger partial charge in [-0.25, -0.2) is 4.39 Å². The maximum Gasteiger partial charge on any atom is 0.124 e. The third-order valence-electron chi connectivity index (χ3n) is 3.16. The van der Waals surface area contributed by atoms with Gasteiger partial charge in [-0.3, -0.25) is 4.68 Å². The van der Waals surface area contributed by atoms with Gasteiger partial charge >= 0.3 is 0 Å². The lowest BCUT2D eigenvalue weighted by Gasteiger charge is -2.08. The summed E-state index contributed by atoms with van der Waals surface area (Å²) in [5.74, 6) is -0.303. The summed E-state index contributed by atoms with van der Waals surface area (Å²) in [6.07, 6.45) is 0.987. The minimum absolute atomic E-state index is 0.303. The van der Waals surface area contributed by atoms with E-state index in [0.717, 1.165) is 30.8 Å². The first-order chi connectivity index (χ1) is 9.56. The molecule has 0 saturated carbocycles. The summed E-state index contributed by atoms with van der Waals surface area (Å²) < 4.78 is 14.9. The van der Waals surface area contributed by atoms with Gasteiger partial charge in [0.1, 0.15) is 5.82 Å². The predicted molar refractivity (Wildman–Crippen MR) is 79.4 cm³/mol. The second-order valence-corrected chi connectivity index (χ2v) is 5.32. The van der Waals surface area contributed by atoms with Crippen molar-refractivity contribution in [3.8, 4) is 0 Å². The lowest BCUT2D eigenvalue weighted by atomic mass is 10.2. The minimum atomic E-state index is -0.303. The van der Waals surface area contributed by atoms with Crippen LogP contribution in [0.15, 0.2) is 24.3 Å². The fourth-order valence-corrected chi connectivity index (χ4v) is 2.38. The first kappa shape index (κ1) is 15.0. The molecule has 1 N–H and O–H groups in total. The molecule has 108 valence electrons. The molecular weight excluding hydrogens is 277 g/mol. The molecule has 2 aromatic rings. The molecule has 2 rings (SSSR count). The molecule has 3 nitrogen and oxygen atoms in total. The molecule has 0 aliphatic heterocycles. The van der Waals surface area contributed by atoms with Gasteiger partial charge in [0, 0.05) is 23.8 Å². The first-order valence-electron chi connectivity index (χ1n) is 6.72. The van der Waals surface area contributed by atoms with Crippen LogP contribution in [0.2, 0.25) is 5.02 Å². The number of halogens is 2. The predicted octanol–water partition coefficient (Wildman–Crippen LogP) is 3.47. The standard InChI is InChI=1S/C15H19ClFN3/c1-11-8-12(2)20(19-11)7-3-6-18-10-13-4-5-14(17)9-15(13)16/h4-5,8-9,18H,3,6-7,10H2,1-2H3. The summed E-state index contributed by atoms with van der Waals surface area (Å²) in [5, 5.41) is 8.19. The Balaban J connectivity index is 1.73. The Morgan fingerprint density at radius 3 is 2.75 bits per heavy atom. The third kappa shape index (κ3) is 4.05. The number of hydrogen-bond donors (Lipinski definition) is 1. The van der Waals surface area contributed by atoms with Gasteiger partial charge in [-0.15, -0.1) is 0 Å². The van der Waals surface area contributed by atoms with E-state index in [2.05, 4.69) is 23.4 Å². The second-order valence-electron chi connectivity index (χ2n) is 4.92. The number of aryl methyl sites for hydroxylation is 3. The van der Waals surface area contributed by atoms with Crippen LogP contribution in [-0.4, -0.2) is 16.3 Å². The van der Waals surface area contributed by atoms with Crippen LogP contribution in [0.3, 0.4) is 0 Å². The Hall–Kier alpha value is -1.39. The topological polar surface area (TPSA) is 29.9 Å². The maximum absolute atomic E-state index is 12.9. The van der Waals surface area contributed by atoms with E-state index in [-0.39, 0.29) is 5.82 Å². The molecular formula is C15H19ClFN3. The minimum Gasteiger partial charge on any atom is -0.313 e. The van der Waals surface area contributed by atoms with Gasteiger partial charge in [0.25, 0.3) is 0 Å². The Morgan fingerprint density at radius 1 is 1.30 bits per heavy atom. The van der Waals surface area contributed by atoms with Gasteiger partial charge in [0.15, 0.2) is 0 Å². The average molecular weight is 296 g/mol. The van der Waals surface area contributed by atoms with E-state index < -0.39 is 0 Å². The Labute approximate surface area is 123 Å². The van der Waals surface area contributed by atoms with Crippen LogP contribution < -0.4 is 5.32 Å². The van der Waals surface area contributed by atoms with E-state index >= 15 is 0 Å². The molecule has 0 bridgehead atoms. The number of nitrogens with zero attached hydrogens (tertiary/aromatic N) is 2. The van der Waals surface area contributed by atoms with E-state index in [0.29, 0.717) is 11.6 Å². The molecule has 1 heterocycles. The van der Waals surface area contributed by atoms with E-state index in [1.54, 1.807) is 6.07 Å². The van der Waals surface area contributed by atoms with E-state index in [1.807, 2.05) is 11.6 Å². The van der Waals surface area contributed by atoms with Crippen LogP contribution in [0.4, 0.5) is 4.39 Å². The normalized spacial score (nSPS) is 11.0. The summed E-state index contributed by atoms with van der Waals surface area (Å²) in [4.78, 5) is 0. The van der Waals surface area contributed by atoms with Gasteiger partial charge in [-0.2, -0.15) is 5.10 Å². The van der Waals surface area contributed by atoms with Crippen molar-refractivity contribution in [1.29, 1.82) is 0 Å². The Kier molecular flexibility index (Phi) is 5.15. The molecule has 0 amide bonds. The molecule has 1 aromatic heterocycles. The highest BCUT2D eigenvalue weighted by atomic mass is 35.5. The highest BCUT2D eigenvalue weighted by Crippen LogP contribution is 2.16. The Morgan fingerprint density at radius 2 is 2.10 bits per heavy atom. The first-order valence-corrected chi connectivity index (χ1v) is 7.10. The summed E-state index contributed by atoms with van der Waals surface area (Å²) in [6, 6.07) is 6.56. The van der Waals surface area contributed by atoms with Crippen molar-refractivity contribution in [2.45, 2.75) is 33.4 Å². The largest absolute Gasteiger partial charge is 0.313 e. The lowest BCUT2D eigenvalue weighted by Crippen LogP contribution is -2.17. The van der Waals surface area contributed by atoms with Crippen LogP contribution in [-0.2, 0) is 13.1 Å². The van der Waals surface area contributed by atoms with Gasteiger partial charge < -0.3 is 5.32 Å². The highest BCUT2D eigenvalue weighted by Gasteiger charge is 2.02. The van der Waals surface area contributed by atoms with Crippen molar-refractivity contribution in [2.24, 2.45) is 0 Å². The van der Waals surface area contributed by atoms with Crippen LogP contribution in [0.25, 0.3) is 0 Å². The number of hydrogen-bond acceptors (Lipinski definition) is 2. The van der Waals surface area contributed by atoms with Crippen LogP contribution in [0.5, 0.6) is 0 Å². The smallest absolute Gasteiger partial charge is 0.124 e. The zero-order valence-electron chi connectivity index (χ0n) is 11.8. The molecule has 0 saturated heterocycles. The van der Waals surface area contributed by atoms with Gasteiger partial charge in [-0.1, -0.05) is 17.7 Å². The van der Waals surface area contributed by atoms with E-state index in [4.69, 9.17) is 11.6 Å². The van der Waals surface area contributed by atoms with Crippen LogP contribution in [0.1, 0.15) is 23.4 Å². The zero-order valence-corrected chi connectivity index (χ0v) is 12.5. The van der Waals surface area contributed by atoms with Crippen molar-refractivity contribution in [1.82, 2.24) is 15.1 Å². The third-order valence-corrected chi connectivity index (χ3v) is 3.51. The van der Waals surface area contributed by atoms with Crippen molar-refractivity contribution >= 4 is 11.6 Å². The Bertz CT molecular complexity index is 580. The number of aromatic nitrogens is 2. The maximum atomic E-state index is 12.9. The lowest BCUT2D eigenvalue weighted by molar-refractivity contribution is 0.532. The summed E-state index contributed by atoms with van der Waals surface area (Å²) >= 11 is 5.97. The molecule has 5 heteroatoms. The molecule has 1 aromatic carbocycles. The van der Waals surface area contributed by atoms with Crippen molar-refractivity contribution in [2.75, 3.05) is 6.54 Å². The van der Waals surface area contributed by atoms with E-state index in [9.17, 15) is 4.39 Å². The SMILES string of the molecule is Cc1cc(C)n(CCCNCc2ccc(F)cc2Cl)n1. The molecule has 0 radical (unpaired) electrons. The van der Waals surface area contributed by atoms with Crippen molar-refractivity contribution < 1.29 is 4.39 Å². The highest BCUT2D eigenvalue weighted by molar-refractivity contribution is 6.31. The molecule has 0 fully saturated rings. The molecule has 0 aliphatic carbocycles. The zero-order chi connectivity index (χ0) is 14.5. The molecule has 0 aliphatic rings. The van der Waals surface area contributed by atoms with E-state index in [1.165, 1.54) is 17.8 Å². The van der Waals surface area contributed by atoms with Crippen molar-refractivity contribution in [3.05, 3.63) is 52.1 Å². The number of nitrogens with one attached hydrogen (secondary N) is 1. The average Bonchev–Trinajstić information content (AvgIpc) is 2.70. The van der Waals surface area contributed by atoms with Gasteiger partial charge in [0.05, 0.1) is 5.69 Å². The number of rotatable bonds is 6. The molecule has 0 spiro atoms. The van der Waals surface area contributed by atoms with Crippen molar-refractivity contribution in [3.63, 3.8) is 0 Å². The monoisotopic (exact) mass is 295 g/mol. The molecule has 0 unspecified atom stereocenters. The van der Waals surface area contributed by atoms with Gasteiger partial charge in [0.2, 0.25) is 0 Å². The fraction of sp³-hybridized carbons (Fsp3) is 0.400. The number of benzene rings is 1. The quantitative estimate of drug-likeness (QED) is 0.827. The summed E-state index contributed by atoms with van der Waals surface area (Å²) in [7, 11) is 0. The second kappa shape index (κ2) is 6.86. The summed E-state index contributed by atoms with van der Waals surface area (Å²) in [6.45, 7) is 6.47. The summed E-state index contributed by atoms with van der Waals surface area (Å²) in [5.41, 5.74) is 3.15. The fourth-order valence-electron chi connectivity index (χ4n) is 2.14.